The van der Waals surface area contributed by atoms with E-state index in [1.54, 1.807) is 64.2 Å². The zero-order valence-electron chi connectivity index (χ0n) is 22.8. The van der Waals surface area contributed by atoms with Gasteiger partial charge in [-0.1, -0.05) is 13.8 Å². The second kappa shape index (κ2) is 11.5. The van der Waals surface area contributed by atoms with Crippen molar-refractivity contribution in [1.82, 2.24) is 0 Å². The van der Waals surface area contributed by atoms with Crippen LogP contribution >= 0.6 is 0 Å². The van der Waals surface area contributed by atoms with E-state index in [9.17, 15) is 0 Å². The molecule has 0 heterocycles. The van der Waals surface area contributed by atoms with Crippen LogP contribution in [-0.4, -0.2) is 25.4 Å². The molecule has 5 aliphatic carbocycles. The smallest absolute Gasteiger partial charge is 0.0575 e. The second-order valence-electron chi connectivity index (χ2n) is 13.8. The number of hydrogen-bond donors (Lipinski definition) is 0. The zero-order valence-corrected chi connectivity index (χ0v) is 22.8. The Labute approximate surface area is 211 Å². The van der Waals surface area contributed by atoms with Crippen LogP contribution in [0.4, 0.5) is 0 Å². The van der Waals surface area contributed by atoms with Gasteiger partial charge in [-0.15, -0.1) is 0 Å². The summed E-state index contributed by atoms with van der Waals surface area (Å²) in [5.41, 5.74) is 1.55. The van der Waals surface area contributed by atoms with Crippen molar-refractivity contribution in [2.24, 2.45) is 34.5 Å². The minimum atomic E-state index is 0.581. The van der Waals surface area contributed by atoms with E-state index in [1.165, 1.54) is 64.2 Å². The summed E-state index contributed by atoms with van der Waals surface area (Å²) in [5, 5.41) is 0. The van der Waals surface area contributed by atoms with Gasteiger partial charge in [-0.25, -0.2) is 0 Å². The lowest BCUT2D eigenvalue weighted by molar-refractivity contribution is -0.111. The minimum absolute atomic E-state index is 0.581. The van der Waals surface area contributed by atoms with Crippen molar-refractivity contribution in [3.8, 4) is 0 Å². The van der Waals surface area contributed by atoms with E-state index in [1.807, 2.05) is 0 Å². The van der Waals surface area contributed by atoms with E-state index in [-0.39, 0.29) is 0 Å². The molecule has 0 amide bonds. The molecule has 0 aliphatic heterocycles. The van der Waals surface area contributed by atoms with Crippen molar-refractivity contribution >= 4 is 0 Å². The largest absolute Gasteiger partial charge is 0.378 e. The SMILES string of the molecule is CCCOC1CCC(C2CCC3(CC2)CC2(CCC(C4CCC(OCCC)CC4)CC2)C3)CC1. The highest BCUT2D eigenvalue weighted by molar-refractivity contribution is 5.07. The Morgan fingerprint density at radius 2 is 0.794 bits per heavy atom. The Hall–Kier alpha value is -0.0800. The average Bonchev–Trinajstić information content (AvgIpc) is 2.87. The monoisotopic (exact) mass is 472 g/mol. The molecule has 5 aliphatic rings. The first kappa shape index (κ1) is 25.6. The zero-order chi connectivity index (χ0) is 23.4. The van der Waals surface area contributed by atoms with Crippen LogP contribution in [0.2, 0.25) is 0 Å². The van der Waals surface area contributed by atoms with Gasteiger partial charge < -0.3 is 9.47 Å². The molecule has 2 heteroatoms. The molecule has 0 N–H and O–H groups in total. The fourth-order valence-corrected chi connectivity index (χ4v) is 9.72. The topological polar surface area (TPSA) is 18.5 Å². The molecule has 0 aromatic heterocycles. The molecule has 0 bridgehead atoms. The third kappa shape index (κ3) is 5.90. The summed E-state index contributed by atoms with van der Waals surface area (Å²) < 4.78 is 12.1. The molecule has 0 unspecified atom stereocenters. The molecule has 196 valence electrons. The Bertz CT molecular complexity index is 535. The van der Waals surface area contributed by atoms with Gasteiger partial charge in [0.2, 0.25) is 0 Å². The minimum Gasteiger partial charge on any atom is -0.378 e. The predicted octanol–water partition coefficient (Wildman–Crippen LogP) is 9.10. The van der Waals surface area contributed by atoms with E-state index in [0.717, 1.165) is 47.7 Å². The van der Waals surface area contributed by atoms with Gasteiger partial charge in [-0.05, 0) is 163 Å². The van der Waals surface area contributed by atoms with Crippen molar-refractivity contribution in [1.29, 1.82) is 0 Å². The molecule has 5 saturated carbocycles. The molecule has 0 aromatic carbocycles. The highest BCUT2D eigenvalue weighted by Gasteiger charge is 2.56. The maximum Gasteiger partial charge on any atom is 0.0575 e. The van der Waals surface area contributed by atoms with Crippen molar-refractivity contribution < 1.29 is 9.47 Å². The van der Waals surface area contributed by atoms with Gasteiger partial charge in [0.05, 0.1) is 12.2 Å². The first-order valence-electron chi connectivity index (χ1n) is 15.9. The van der Waals surface area contributed by atoms with E-state index >= 15 is 0 Å². The van der Waals surface area contributed by atoms with E-state index in [0.29, 0.717) is 12.2 Å². The summed E-state index contributed by atoms with van der Waals surface area (Å²) in [4.78, 5) is 0. The Kier molecular flexibility index (Phi) is 8.67. The summed E-state index contributed by atoms with van der Waals surface area (Å²) in [7, 11) is 0. The first-order chi connectivity index (χ1) is 16.6. The Balaban J connectivity index is 0.995. The summed E-state index contributed by atoms with van der Waals surface area (Å²) >= 11 is 0. The third-order valence-electron chi connectivity index (χ3n) is 11.6. The quantitative estimate of drug-likeness (QED) is 0.350. The molecule has 0 radical (unpaired) electrons. The van der Waals surface area contributed by atoms with Gasteiger partial charge >= 0.3 is 0 Å². The molecule has 5 rings (SSSR count). The fourth-order valence-electron chi connectivity index (χ4n) is 9.72. The van der Waals surface area contributed by atoms with Crippen LogP contribution in [0.5, 0.6) is 0 Å². The highest BCUT2D eigenvalue weighted by atomic mass is 16.5. The van der Waals surface area contributed by atoms with Crippen LogP contribution in [0.1, 0.15) is 142 Å². The number of hydrogen-bond acceptors (Lipinski definition) is 2. The molecular formula is C32H56O2. The summed E-state index contributed by atoms with van der Waals surface area (Å²) in [6, 6.07) is 0. The molecule has 5 fully saturated rings. The van der Waals surface area contributed by atoms with Crippen LogP contribution in [0.3, 0.4) is 0 Å². The highest BCUT2D eigenvalue weighted by Crippen LogP contribution is 2.67. The van der Waals surface area contributed by atoms with Crippen molar-refractivity contribution in [2.45, 2.75) is 154 Å². The van der Waals surface area contributed by atoms with Crippen LogP contribution in [-0.2, 0) is 9.47 Å². The molecule has 2 spiro atoms. The number of ether oxygens (including phenoxy) is 2. The van der Waals surface area contributed by atoms with Gasteiger partial charge in [-0.2, -0.15) is 0 Å². The molecule has 0 aromatic rings. The van der Waals surface area contributed by atoms with Crippen molar-refractivity contribution in [3.05, 3.63) is 0 Å². The fraction of sp³-hybridized carbons (Fsp3) is 1.00. The van der Waals surface area contributed by atoms with Gasteiger partial charge in [0.1, 0.15) is 0 Å². The maximum absolute atomic E-state index is 6.05. The molecular weight excluding hydrogens is 416 g/mol. The summed E-state index contributed by atoms with van der Waals surface area (Å²) in [6.45, 7) is 6.41. The van der Waals surface area contributed by atoms with Gasteiger partial charge in [0.25, 0.3) is 0 Å². The third-order valence-corrected chi connectivity index (χ3v) is 11.6. The summed E-state index contributed by atoms with van der Waals surface area (Å²) in [6.07, 6.45) is 30.3. The summed E-state index contributed by atoms with van der Waals surface area (Å²) in [5.74, 6) is 4.12. The molecule has 34 heavy (non-hydrogen) atoms. The Morgan fingerprint density at radius 1 is 0.471 bits per heavy atom. The van der Waals surface area contributed by atoms with Crippen LogP contribution < -0.4 is 0 Å². The van der Waals surface area contributed by atoms with Crippen LogP contribution in [0.25, 0.3) is 0 Å². The normalized spacial score (nSPS) is 45.4. The lowest BCUT2D eigenvalue weighted by atomic mass is 9.43. The molecule has 0 atom stereocenters. The van der Waals surface area contributed by atoms with Gasteiger partial charge in [0, 0.05) is 13.2 Å². The van der Waals surface area contributed by atoms with Gasteiger partial charge in [-0.3, -0.25) is 0 Å². The van der Waals surface area contributed by atoms with Crippen molar-refractivity contribution in [3.63, 3.8) is 0 Å². The van der Waals surface area contributed by atoms with Crippen LogP contribution in [0.15, 0.2) is 0 Å². The Morgan fingerprint density at radius 3 is 1.12 bits per heavy atom. The average molecular weight is 473 g/mol. The molecule has 0 saturated heterocycles. The lowest BCUT2D eigenvalue weighted by Gasteiger charge is -2.62. The van der Waals surface area contributed by atoms with Gasteiger partial charge in [0.15, 0.2) is 0 Å². The lowest BCUT2D eigenvalue weighted by Crippen LogP contribution is -2.50. The first-order valence-corrected chi connectivity index (χ1v) is 15.9. The number of rotatable bonds is 8. The van der Waals surface area contributed by atoms with Crippen molar-refractivity contribution in [2.75, 3.05) is 13.2 Å². The second-order valence-corrected chi connectivity index (χ2v) is 13.8. The maximum atomic E-state index is 6.05. The van der Waals surface area contributed by atoms with E-state index in [2.05, 4.69) is 13.8 Å². The molecule has 2 nitrogen and oxygen atoms in total. The van der Waals surface area contributed by atoms with Crippen LogP contribution in [0, 0.1) is 34.5 Å². The standard InChI is InChI=1S/C32H56O2/c1-3-21-33-29-9-5-25(6-10-29)27-13-17-31(18-14-27)23-32(24-31)19-15-28(16-20-32)26-7-11-30(12-8-26)34-22-4-2/h25-30H,3-24H2,1-2H3. The predicted molar refractivity (Wildman–Crippen MR) is 142 cm³/mol. The van der Waals surface area contributed by atoms with E-state index < -0.39 is 0 Å². The van der Waals surface area contributed by atoms with E-state index in [4.69, 9.17) is 9.47 Å².